The lowest BCUT2D eigenvalue weighted by Gasteiger charge is -2.17. The molecule has 1 aliphatic rings. The lowest BCUT2D eigenvalue weighted by atomic mass is 10.1. The van der Waals surface area contributed by atoms with Gasteiger partial charge >= 0.3 is 0 Å². The summed E-state index contributed by atoms with van der Waals surface area (Å²) in [4.78, 5) is 21.8. The Bertz CT molecular complexity index is 871. The van der Waals surface area contributed by atoms with Crippen molar-refractivity contribution < 1.29 is 0 Å². The monoisotopic (exact) mass is 289 g/mol. The van der Waals surface area contributed by atoms with E-state index in [-0.39, 0.29) is 5.56 Å². The number of nitrogens with one attached hydrogen (secondary N) is 1. The zero-order valence-electron chi connectivity index (χ0n) is 12.0. The second-order valence-electron chi connectivity index (χ2n) is 5.35. The highest BCUT2D eigenvalue weighted by Crippen LogP contribution is 2.31. The average molecular weight is 289 g/mol. The Morgan fingerprint density at radius 1 is 1.00 bits per heavy atom. The summed E-state index contributed by atoms with van der Waals surface area (Å²) in [6.45, 7) is 0.840. The molecule has 0 amide bonds. The van der Waals surface area contributed by atoms with Crippen molar-refractivity contribution in [2.75, 3.05) is 11.4 Å². The van der Waals surface area contributed by atoms with Crippen molar-refractivity contribution in [1.29, 1.82) is 0 Å². The maximum Gasteiger partial charge on any atom is 0.260 e. The van der Waals surface area contributed by atoms with Gasteiger partial charge in [-0.25, -0.2) is 4.98 Å². The van der Waals surface area contributed by atoms with Crippen LogP contribution in [0.25, 0.3) is 11.1 Å². The molecule has 0 radical (unpaired) electrons. The first-order valence-corrected chi connectivity index (χ1v) is 7.33. The van der Waals surface area contributed by atoms with Gasteiger partial charge < -0.3 is 4.90 Å². The summed E-state index contributed by atoms with van der Waals surface area (Å²) in [7, 11) is 0. The average Bonchev–Trinajstić information content (AvgIpc) is 2.99. The molecule has 4 heteroatoms. The van der Waals surface area contributed by atoms with Crippen LogP contribution in [0.1, 0.15) is 5.56 Å². The van der Waals surface area contributed by atoms with E-state index in [1.165, 1.54) is 5.56 Å². The standard InChI is InChI=1S/C18H15N3O/c22-17-15(13-6-2-1-3-7-13)12-19-18(20-17)21-11-10-14-8-4-5-9-16(14)21/h1-9,12H,10-11H2,(H,19,20,22). The zero-order valence-corrected chi connectivity index (χ0v) is 12.0. The molecule has 2 aromatic carbocycles. The minimum absolute atomic E-state index is 0.111. The van der Waals surface area contributed by atoms with Gasteiger partial charge in [-0.15, -0.1) is 0 Å². The summed E-state index contributed by atoms with van der Waals surface area (Å²) in [5.74, 6) is 0.606. The molecule has 0 spiro atoms. The largest absolute Gasteiger partial charge is 0.311 e. The number of fused-ring (bicyclic) bond motifs is 1. The number of benzene rings is 2. The molecule has 4 rings (SSSR count). The summed E-state index contributed by atoms with van der Waals surface area (Å²) < 4.78 is 0. The molecule has 4 nitrogen and oxygen atoms in total. The third-order valence-electron chi connectivity index (χ3n) is 4.01. The number of aromatic nitrogens is 2. The molecule has 3 aromatic rings. The molecular weight excluding hydrogens is 274 g/mol. The summed E-state index contributed by atoms with van der Waals surface area (Å²) in [6, 6.07) is 17.8. The topological polar surface area (TPSA) is 49.0 Å². The van der Waals surface area contributed by atoms with Gasteiger partial charge in [-0.1, -0.05) is 48.5 Å². The van der Waals surface area contributed by atoms with E-state index in [1.54, 1.807) is 6.20 Å². The van der Waals surface area contributed by atoms with E-state index in [1.807, 2.05) is 42.5 Å². The number of nitrogens with zero attached hydrogens (tertiary/aromatic N) is 2. The van der Waals surface area contributed by atoms with Crippen LogP contribution in [0.15, 0.2) is 65.6 Å². The molecule has 0 bridgehead atoms. The van der Waals surface area contributed by atoms with Crippen molar-refractivity contribution in [3.63, 3.8) is 0 Å². The summed E-state index contributed by atoms with van der Waals surface area (Å²) in [5, 5.41) is 0. The number of hydrogen-bond donors (Lipinski definition) is 1. The molecule has 0 fully saturated rings. The first-order chi connectivity index (χ1) is 10.8. The van der Waals surface area contributed by atoms with Crippen molar-refractivity contribution in [1.82, 2.24) is 9.97 Å². The second kappa shape index (κ2) is 5.15. The van der Waals surface area contributed by atoms with Gasteiger partial charge in [-0.2, -0.15) is 0 Å². The second-order valence-corrected chi connectivity index (χ2v) is 5.35. The van der Waals surface area contributed by atoms with Gasteiger partial charge in [0.25, 0.3) is 5.56 Å². The minimum atomic E-state index is -0.111. The molecule has 0 unspecified atom stereocenters. The molecule has 0 saturated heterocycles. The predicted molar refractivity (Wildman–Crippen MR) is 87.4 cm³/mol. The van der Waals surface area contributed by atoms with Gasteiger partial charge in [0.15, 0.2) is 0 Å². The fourth-order valence-corrected chi connectivity index (χ4v) is 2.90. The Morgan fingerprint density at radius 2 is 1.77 bits per heavy atom. The van der Waals surface area contributed by atoms with E-state index in [2.05, 4.69) is 27.0 Å². The Kier molecular flexibility index (Phi) is 3.00. The van der Waals surface area contributed by atoms with E-state index in [0.717, 1.165) is 24.2 Å². The molecule has 108 valence electrons. The maximum absolute atomic E-state index is 12.4. The molecule has 1 aromatic heterocycles. The highest BCUT2D eigenvalue weighted by atomic mass is 16.1. The molecule has 0 aliphatic carbocycles. The fourth-order valence-electron chi connectivity index (χ4n) is 2.90. The third-order valence-corrected chi connectivity index (χ3v) is 4.01. The smallest absolute Gasteiger partial charge is 0.260 e. The predicted octanol–water partition coefficient (Wildman–Crippen LogP) is 3.13. The van der Waals surface area contributed by atoms with Gasteiger partial charge in [-0.3, -0.25) is 9.78 Å². The van der Waals surface area contributed by atoms with Crippen LogP contribution in [0, 0.1) is 0 Å². The van der Waals surface area contributed by atoms with Gasteiger partial charge in [0, 0.05) is 18.4 Å². The molecule has 0 atom stereocenters. The van der Waals surface area contributed by atoms with Crippen LogP contribution in [-0.2, 0) is 6.42 Å². The third kappa shape index (κ3) is 2.09. The van der Waals surface area contributed by atoms with Crippen LogP contribution in [0.4, 0.5) is 11.6 Å². The Labute approximate surface area is 128 Å². The van der Waals surface area contributed by atoms with Crippen LogP contribution < -0.4 is 10.5 Å². The van der Waals surface area contributed by atoms with Crippen LogP contribution in [0.2, 0.25) is 0 Å². The van der Waals surface area contributed by atoms with Crippen LogP contribution in [0.5, 0.6) is 0 Å². The Hall–Kier alpha value is -2.88. The minimum Gasteiger partial charge on any atom is -0.311 e. The van der Waals surface area contributed by atoms with Crippen LogP contribution >= 0.6 is 0 Å². The SMILES string of the molecule is O=c1[nH]c(N2CCc3ccccc32)ncc1-c1ccccc1. The lowest BCUT2D eigenvalue weighted by Crippen LogP contribution is -2.21. The van der Waals surface area contributed by atoms with Gasteiger partial charge in [0.05, 0.1) is 5.56 Å². The zero-order chi connectivity index (χ0) is 14.9. The first kappa shape index (κ1) is 12.8. The molecule has 2 heterocycles. The Morgan fingerprint density at radius 3 is 2.59 bits per heavy atom. The van der Waals surface area contributed by atoms with Crippen LogP contribution in [0.3, 0.4) is 0 Å². The fraction of sp³-hybridized carbons (Fsp3) is 0.111. The Balaban J connectivity index is 1.74. The number of aromatic amines is 1. The van der Waals surface area contributed by atoms with E-state index in [9.17, 15) is 4.79 Å². The maximum atomic E-state index is 12.4. The van der Waals surface area contributed by atoms with E-state index in [4.69, 9.17) is 0 Å². The van der Waals surface area contributed by atoms with Crippen molar-refractivity contribution in [2.45, 2.75) is 6.42 Å². The van der Waals surface area contributed by atoms with Crippen molar-refractivity contribution >= 4 is 11.6 Å². The quantitative estimate of drug-likeness (QED) is 0.788. The van der Waals surface area contributed by atoms with Gasteiger partial charge in [0.2, 0.25) is 5.95 Å². The van der Waals surface area contributed by atoms with Gasteiger partial charge in [0.1, 0.15) is 0 Å². The normalized spacial score (nSPS) is 13.2. The summed E-state index contributed by atoms with van der Waals surface area (Å²) in [6.07, 6.45) is 2.63. The van der Waals surface area contributed by atoms with Gasteiger partial charge in [-0.05, 0) is 23.6 Å². The van der Waals surface area contributed by atoms with E-state index >= 15 is 0 Å². The number of H-pyrrole nitrogens is 1. The number of hydrogen-bond acceptors (Lipinski definition) is 3. The molecular formula is C18H15N3O. The summed E-state index contributed by atoms with van der Waals surface area (Å²) >= 11 is 0. The molecule has 1 aliphatic heterocycles. The number of rotatable bonds is 2. The van der Waals surface area contributed by atoms with Crippen molar-refractivity contribution in [2.24, 2.45) is 0 Å². The molecule has 22 heavy (non-hydrogen) atoms. The molecule has 0 saturated carbocycles. The number of anilines is 2. The van der Waals surface area contributed by atoms with Crippen LogP contribution in [-0.4, -0.2) is 16.5 Å². The first-order valence-electron chi connectivity index (χ1n) is 7.33. The van der Waals surface area contributed by atoms with E-state index in [0.29, 0.717) is 11.5 Å². The summed E-state index contributed by atoms with van der Waals surface area (Å²) in [5.41, 5.74) is 3.78. The van der Waals surface area contributed by atoms with E-state index < -0.39 is 0 Å². The molecule has 1 N–H and O–H groups in total. The highest BCUT2D eigenvalue weighted by Gasteiger charge is 2.21. The lowest BCUT2D eigenvalue weighted by molar-refractivity contribution is 0.932. The highest BCUT2D eigenvalue weighted by molar-refractivity contribution is 5.67. The van der Waals surface area contributed by atoms with Crippen molar-refractivity contribution in [3.8, 4) is 11.1 Å². The number of para-hydroxylation sites is 1. The van der Waals surface area contributed by atoms with Crippen molar-refractivity contribution in [3.05, 3.63) is 76.7 Å².